The summed E-state index contributed by atoms with van der Waals surface area (Å²) in [5.41, 5.74) is 6.96. The Balaban J connectivity index is 0.00000192. The van der Waals surface area contributed by atoms with Gasteiger partial charge < -0.3 is 10.5 Å². The number of halogens is 1. The molecule has 2 aliphatic rings. The van der Waals surface area contributed by atoms with E-state index in [1.165, 1.54) is 0 Å². The van der Waals surface area contributed by atoms with Gasteiger partial charge >= 0.3 is 0 Å². The van der Waals surface area contributed by atoms with E-state index in [2.05, 4.69) is 0 Å². The minimum atomic E-state index is -3.44. The van der Waals surface area contributed by atoms with Gasteiger partial charge in [-0.05, 0) is 62.3 Å². The molecule has 1 fully saturated rings. The first-order valence-corrected chi connectivity index (χ1v) is 9.44. The van der Waals surface area contributed by atoms with E-state index in [9.17, 15) is 8.42 Å². The van der Waals surface area contributed by atoms with Crippen LogP contribution in [0.2, 0.25) is 0 Å². The van der Waals surface area contributed by atoms with E-state index in [1.54, 1.807) is 22.5 Å². The van der Waals surface area contributed by atoms with Gasteiger partial charge in [-0.3, -0.25) is 0 Å². The number of hydrogen-bond acceptors (Lipinski definition) is 4. The molecule has 1 saturated heterocycles. The number of hydrogen-bond donors (Lipinski definition) is 1. The Morgan fingerprint density at radius 2 is 2.13 bits per heavy atom. The third kappa shape index (κ3) is 3.82. The van der Waals surface area contributed by atoms with Crippen molar-refractivity contribution in [3.8, 4) is 5.75 Å². The predicted octanol–water partition coefficient (Wildman–Crippen LogP) is 2.18. The highest BCUT2D eigenvalue weighted by Gasteiger charge is 2.32. The van der Waals surface area contributed by atoms with Gasteiger partial charge in [-0.1, -0.05) is 0 Å². The van der Waals surface area contributed by atoms with Crippen molar-refractivity contribution in [2.24, 2.45) is 11.7 Å². The second-order valence-electron chi connectivity index (χ2n) is 6.35. The summed E-state index contributed by atoms with van der Waals surface area (Å²) in [5.74, 6) is 1.06. The highest BCUT2D eigenvalue weighted by Crippen LogP contribution is 2.30. The zero-order chi connectivity index (χ0) is 15.7. The van der Waals surface area contributed by atoms with Gasteiger partial charge in [0.1, 0.15) is 5.75 Å². The zero-order valence-corrected chi connectivity index (χ0v) is 15.0. The number of nitrogens with two attached hydrogens (primary N) is 1. The van der Waals surface area contributed by atoms with Crippen molar-refractivity contribution in [1.29, 1.82) is 0 Å². The first-order valence-electron chi connectivity index (χ1n) is 8.00. The van der Waals surface area contributed by atoms with Crippen LogP contribution in [0.5, 0.6) is 5.75 Å². The Morgan fingerprint density at radius 1 is 1.35 bits per heavy atom. The molecule has 3 rings (SSSR count). The van der Waals surface area contributed by atoms with Crippen LogP contribution in [0.3, 0.4) is 0 Å². The van der Waals surface area contributed by atoms with Gasteiger partial charge in [0.25, 0.3) is 0 Å². The van der Waals surface area contributed by atoms with Crippen LogP contribution in [0.4, 0.5) is 0 Å². The lowest BCUT2D eigenvalue weighted by Crippen LogP contribution is -2.44. The summed E-state index contributed by atoms with van der Waals surface area (Å²) in [4.78, 5) is 0.377. The highest BCUT2D eigenvalue weighted by molar-refractivity contribution is 7.89. The Bertz CT molecular complexity index is 649. The molecule has 7 heteroatoms. The first-order chi connectivity index (χ1) is 10.5. The van der Waals surface area contributed by atoms with E-state index >= 15 is 0 Å². The second-order valence-corrected chi connectivity index (χ2v) is 8.28. The van der Waals surface area contributed by atoms with E-state index in [0.717, 1.165) is 37.0 Å². The molecule has 2 atom stereocenters. The molecule has 0 radical (unpaired) electrons. The molecular weight excluding hydrogens is 336 g/mol. The van der Waals surface area contributed by atoms with Crippen LogP contribution in [-0.4, -0.2) is 38.5 Å². The maximum atomic E-state index is 12.9. The van der Waals surface area contributed by atoms with E-state index in [-0.39, 0.29) is 24.4 Å². The minimum Gasteiger partial charge on any atom is -0.493 e. The molecule has 0 saturated carbocycles. The summed E-state index contributed by atoms with van der Waals surface area (Å²) < 4.78 is 32.9. The van der Waals surface area contributed by atoms with Crippen LogP contribution >= 0.6 is 12.4 Å². The van der Waals surface area contributed by atoms with Gasteiger partial charge in [-0.25, -0.2) is 8.42 Å². The van der Waals surface area contributed by atoms with Crippen LogP contribution in [0.1, 0.15) is 31.7 Å². The summed E-state index contributed by atoms with van der Waals surface area (Å²) >= 11 is 0. The summed E-state index contributed by atoms with van der Waals surface area (Å²) in [6.07, 6.45) is 3.69. The van der Waals surface area contributed by atoms with Gasteiger partial charge in [0.2, 0.25) is 10.0 Å². The fourth-order valence-corrected chi connectivity index (χ4v) is 4.85. The molecule has 0 aliphatic carbocycles. The molecule has 23 heavy (non-hydrogen) atoms. The highest BCUT2D eigenvalue weighted by atomic mass is 35.5. The number of fused-ring (bicyclic) bond motifs is 1. The van der Waals surface area contributed by atoms with Crippen molar-refractivity contribution in [3.05, 3.63) is 23.8 Å². The smallest absolute Gasteiger partial charge is 0.243 e. The Hall–Kier alpha value is -0.820. The maximum Gasteiger partial charge on any atom is 0.243 e. The van der Waals surface area contributed by atoms with Crippen LogP contribution in [0.15, 0.2) is 23.1 Å². The number of aryl methyl sites for hydroxylation is 1. The standard InChI is InChI=1S/C16H24N2O3S.ClH/c1-12(17)14-4-2-8-18(11-14)22(19,20)15-6-7-16-13(10-15)5-3-9-21-16;/h6-7,10,12,14H,2-5,8-9,11,17H2,1H3;1H. The lowest BCUT2D eigenvalue weighted by molar-refractivity contribution is 0.243. The fraction of sp³-hybridized carbons (Fsp3) is 0.625. The largest absolute Gasteiger partial charge is 0.493 e. The normalized spacial score (nSPS) is 23.3. The summed E-state index contributed by atoms with van der Waals surface area (Å²) in [7, 11) is -3.44. The van der Waals surface area contributed by atoms with Gasteiger partial charge in [0.05, 0.1) is 11.5 Å². The molecule has 1 aromatic carbocycles. The van der Waals surface area contributed by atoms with Crippen molar-refractivity contribution in [1.82, 2.24) is 4.31 Å². The van der Waals surface area contributed by atoms with E-state index < -0.39 is 10.0 Å². The predicted molar refractivity (Wildman–Crippen MR) is 92.6 cm³/mol. The van der Waals surface area contributed by atoms with Crippen molar-refractivity contribution < 1.29 is 13.2 Å². The molecular formula is C16H25ClN2O3S. The molecule has 0 bridgehead atoms. The van der Waals surface area contributed by atoms with Crippen LogP contribution in [0.25, 0.3) is 0 Å². The average Bonchev–Trinajstić information content (AvgIpc) is 2.54. The number of rotatable bonds is 3. The SMILES string of the molecule is CC(N)C1CCCN(S(=O)(=O)c2ccc3c(c2)CCCO3)C1.Cl. The quantitative estimate of drug-likeness (QED) is 0.896. The van der Waals surface area contributed by atoms with Gasteiger partial charge in [-0.2, -0.15) is 4.31 Å². The lowest BCUT2D eigenvalue weighted by Gasteiger charge is -2.34. The Kier molecular flexibility index (Phi) is 5.94. The minimum absolute atomic E-state index is 0. The molecule has 2 heterocycles. The average molecular weight is 361 g/mol. The number of benzene rings is 1. The van der Waals surface area contributed by atoms with Gasteiger partial charge in [0, 0.05) is 19.1 Å². The summed E-state index contributed by atoms with van der Waals surface area (Å²) in [6.45, 7) is 3.77. The zero-order valence-electron chi connectivity index (χ0n) is 13.4. The molecule has 0 aromatic heterocycles. The monoisotopic (exact) mass is 360 g/mol. The summed E-state index contributed by atoms with van der Waals surface area (Å²) in [5, 5.41) is 0. The lowest BCUT2D eigenvalue weighted by atomic mass is 9.93. The van der Waals surface area contributed by atoms with Crippen LogP contribution in [0, 0.1) is 5.92 Å². The van der Waals surface area contributed by atoms with E-state index in [4.69, 9.17) is 10.5 Å². The number of sulfonamides is 1. The molecule has 2 aliphatic heterocycles. The first kappa shape index (κ1) is 18.5. The van der Waals surface area contributed by atoms with E-state index in [1.807, 2.05) is 6.92 Å². The van der Waals surface area contributed by atoms with Crippen molar-refractivity contribution in [2.75, 3.05) is 19.7 Å². The maximum absolute atomic E-state index is 12.9. The molecule has 2 N–H and O–H groups in total. The van der Waals surface area contributed by atoms with Crippen LogP contribution in [-0.2, 0) is 16.4 Å². The van der Waals surface area contributed by atoms with E-state index in [0.29, 0.717) is 24.6 Å². The topological polar surface area (TPSA) is 72.6 Å². The summed E-state index contributed by atoms with van der Waals surface area (Å²) in [6, 6.07) is 5.25. The molecule has 2 unspecified atom stereocenters. The van der Waals surface area contributed by atoms with Crippen LogP contribution < -0.4 is 10.5 Å². The molecule has 130 valence electrons. The number of nitrogens with zero attached hydrogens (tertiary/aromatic N) is 1. The fourth-order valence-electron chi connectivity index (χ4n) is 3.27. The molecule has 0 spiro atoms. The molecule has 5 nitrogen and oxygen atoms in total. The third-order valence-corrected chi connectivity index (χ3v) is 6.54. The molecule has 0 amide bonds. The molecule has 1 aromatic rings. The Morgan fingerprint density at radius 3 is 2.87 bits per heavy atom. The van der Waals surface area contributed by atoms with Gasteiger partial charge in [0.15, 0.2) is 0 Å². The van der Waals surface area contributed by atoms with Crippen molar-refractivity contribution in [3.63, 3.8) is 0 Å². The van der Waals surface area contributed by atoms with Crippen molar-refractivity contribution in [2.45, 2.75) is 43.5 Å². The number of ether oxygens (including phenoxy) is 1. The third-order valence-electron chi connectivity index (χ3n) is 4.68. The van der Waals surface area contributed by atoms with Gasteiger partial charge in [-0.15, -0.1) is 12.4 Å². The number of piperidine rings is 1. The second kappa shape index (κ2) is 7.38. The van der Waals surface area contributed by atoms with Crippen molar-refractivity contribution >= 4 is 22.4 Å². The Labute approximate surface area is 144 Å².